The molecule has 1 aliphatic heterocycles. The maximum absolute atomic E-state index is 12.9. The van der Waals surface area contributed by atoms with Gasteiger partial charge < -0.3 is 10.1 Å². The van der Waals surface area contributed by atoms with Crippen LogP contribution in [0.2, 0.25) is 0 Å². The summed E-state index contributed by atoms with van der Waals surface area (Å²) in [5.74, 6) is 0.554. The van der Waals surface area contributed by atoms with Crippen molar-refractivity contribution in [3.63, 3.8) is 0 Å². The van der Waals surface area contributed by atoms with E-state index in [1.807, 2.05) is 22.6 Å². The Balaban J connectivity index is 1.48. The fourth-order valence-electron chi connectivity index (χ4n) is 4.40. The number of morpholine rings is 1. The number of nitrogens with one attached hydrogen (secondary N) is 1. The number of rotatable bonds is 8. The van der Waals surface area contributed by atoms with Gasteiger partial charge in [0, 0.05) is 31.7 Å². The van der Waals surface area contributed by atoms with Crippen LogP contribution in [0.4, 0.5) is 0 Å². The second kappa shape index (κ2) is 9.89. The number of hydrogen-bond acceptors (Lipinski definition) is 7. The molecule has 1 N–H and O–H groups in total. The zero-order valence-electron chi connectivity index (χ0n) is 20.2. The number of allylic oxidation sites excluding steroid dienone is 1. The van der Waals surface area contributed by atoms with E-state index in [9.17, 15) is 9.59 Å². The minimum Gasteiger partial charge on any atom is -0.373 e. The van der Waals surface area contributed by atoms with Crippen LogP contribution in [0.5, 0.6) is 0 Å². The van der Waals surface area contributed by atoms with Gasteiger partial charge in [-0.25, -0.2) is 0 Å². The third-order valence-corrected chi connectivity index (χ3v) is 7.05. The topological polar surface area (TPSA) is 93.8 Å². The maximum atomic E-state index is 12.9. The van der Waals surface area contributed by atoms with Gasteiger partial charge in [0.1, 0.15) is 0 Å². The van der Waals surface area contributed by atoms with Gasteiger partial charge in [0.05, 0.1) is 28.9 Å². The largest absolute Gasteiger partial charge is 0.373 e. The fourth-order valence-corrected chi connectivity index (χ4v) is 5.17. The summed E-state index contributed by atoms with van der Waals surface area (Å²) < 4.78 is 9.21. The van der Waals surface area contributed by atoms with E-state index >= 15 is 0 Å². The minimum absolute atomic E-state index is 0.0760. The molecule has 1 saturated heterocycles. The third-order valence-electron chi connectivity index (χ3n) is 6.12. The van der Waals surface area contributed by atoms with Crippen molar-refractivity contribution >= 4 is 34.3 Å². The molecule has 2 atom stereocenters. The summed E-state index contributed by atoms with van der Waals surface area (Å²) in [6, 6.07) is 7.35. The molecular formula is C24H32N6O3S. The van der Waals surface area contributed by atoms with Gasteiger partial charge >= 0.3 is 0 Å². The Kier molecular flexibility index (Phi) is 7.11. The molecule has 0 unspecified atom stereocenters. The molecule has 1 fully saturated rings. The van der Waals surface area contributed by atoms with Gasteiger partial charge in [0.15, 0.2) is 5.16 Å². The predicted octanol–water partition coefficient (Wildman–Crippen LogP) is 2.33. The van der Waals surface area contributed by atoms with Crippen LogP contribution in [0.1, 0.15) is 27.7 Å². The molecule has 34 heavy (non-hydrogen) atoms. The molecule has 10 heteroatoms. The van der Waals surface area contributed by atoms with Gasteiger partial charge in [-0.15, -0.1) is 16.8 Å². The molecule has 1 aromatic carbocycles. The van der Waals surface area contributed by atoms with Crippen molar-refractivity contribution in [2.45, 2.75) is 57.1 Å². The normalized spacial score (nSPS) is 19.5. The number of carbonyl (C=O) groups is 1. The summed E-state index contributed by atoms with van der Waals surface area (Å²) in [6.45, 7) is 14.7. The zero-order chi connectivity index (χ0) is 24.5. The number of fused-ring (bicyclic) bond motifs is 3. The quantitative estimate of drug-likeness (QED) is 0.387. The molecule has 0 spiro atoms. The van der Waals surface area contributed by atoms with Crippen molar-refractivity contribution < 1.29 is 9.53 Å². The van der Waals surface area contributed by atoms with Crippen LogP contribution in [0, 0.1) is 0 Å². The van der Waals surface area contributed by atoms with Crippen molar-refractivity contribution in [2.24, 2.45) is 0 Å². The second-order valence-electron chi connectivity index (χ2n) is 9.38. The second-order valence-corrected chi connectivity index (χ2v) is 10.3. The van der Waals surface area contributed by atoms with Crippen molar-refractivity contribution in [3.05, 3.63) is 47.3 Å². The zero-order valence-corrected chi connectivity index (χ0v) is 21.0. The molecule has 3 aromatic rings. The first-order valence-corrected chi connectivity index (χ1v) is 12.5. The summed E-state index contributed by atoms with van der Waals surface area (Å²) >= 11 is 1.30. The van der Waals surface area contributed by atoms with Gasteiger partial charge in [-0.1, -0.05) is 30.0 Å². The molecule has 4 rings (SSSR count). The Labute approximate surface area is 203 Å². The van der Waals surface area contributed by atoms with Crippen LogP contribution in [0.3, 0.4) is 0 Å². The van der Waals surface area contributed by atoms with Crippen LogP contribution in [0.15, 0.2) is 46.9 Å². The Hall–Kier alpha value is -2.69. The first-order valence-electron chi connectivity index (χ1n) is 11.5. The highest BCUT2D eigenvalue weighted by Crippen LogP contribution is 2.23. The minimum atomic E-state index is -0.189. The van der Waals surface area contributed by atoms with E-state index in [0.717, 1.165) is 13.1 Å². The number of nitrogens with zero attached hydrogens (tertiary/aromatic N) is 5. The lowest BCUT2D eigenvalue weighted by Crippen LogP contribution is -2.58. The third kappa shape index (κ3) is 4.89. The number of hydrogen-bond donors (Lipinski definition) is 1. The van der Waals surface area contributed by atoms with Crippen LogP contribution < -0.4 is 10.9 Å². The molecule has 1 amide bonds. The molecule has 0 radical (unpaired) electrons. The van der Waals surface area contributed by atoms with Crippen LogP contribution in [-0.2, 0) is 16.1 Å². The standard InChI is InChI=1S/C24H32N6O3S/c1-6-11-29-21(32)18-9-7-8-10-19(18)30-22(29)26-27-23(30)34-14-20(31)25-15-24(4,5)28-12-16(2)33-17(3)13-28/h6-10,16-17H,1,11-15H2,2-5H3,(H,25,31)/t16-,17+. The van der Waals surface area contributed by atoms with E-state index < -0.39 is 0 Å². The first-order chi connectivity index (χ1) is 16.2. The number of aromatic nitrogens is 4. The monoisotopic (exact) mass is 484 g/mol. The first kappa shape index (κ1) is 24.4. The van der Waals surface area contributed by atoms with Crippen molar-refractivity contribution in [1.29, 1.82) is 0 Å². The Morgan fingerprint density at radius 2 is 1.97 bits per heavy atom. The SMILES string of the molecule is C=CCn1c(=O)c2ccccc2n2c(SCC(=O)NCC(C)(C)N3C[C@@H](C)O[C@@H](C)C3)nnc12. The molecule has 2 aromatic heterocycles. The van der Waals surface area contributed by atoms with Gasteiger partial charge in [-0.3, -0.25) is 23.5 Å². The van der Waals surface area contributed by atoms with E-state index in [-0.39, 0.29) is 35.0 Å². The van der Waals surface area contributed by atoms with Crippen LogP contribution in [-0.4, -0.2) is 73.1 Å². The highest BCUT2D eigenvalue weighted by molar-refractivity contribution is 7.99. The number of benzene rings is 1. The maximum Gasteiger partial charge on any atom is 0.263 e. The highest BCUT2D eigenvalue weighted by atomic mass is 32.2. The predicted molar refractivity (Wildman–Crippen MR) is 134 cm³/mol. The lowest BCUT2D eigenvalue weighted by molar-refractivity contribution is -0.120. The van der Waals surface area contributed by atoms with E-state index in [2.05, 4.69) is 54.7 Å². The molecule has 0 aliphatic carbocycles. The number of thioether (sulfide) groups is 1. The summed E-state index contributed by atoms with van der Waals surface area (Å²) in [5.41, 5.74) is 0.386. The Morgan fingerprint density at radius 3 is 2.68 bits per heavy atom. The molecule has 0 saturated carbocycles. The van der Waals surface area contributed by atoms with E-state index in [0.29, 0.717) is 34.9 Å². The molecule has 0 bridgehead atoms. The number of amides is 1. The smallest absolute Gasteiger partial charge is 0.263 e. The van der Waals surface area contributed by atoms with Gasteiger partial charge in [0.25, 0.3) is 5.56 Å². The number of para-hydroxylation sites is 1. The average Bonchev–Trinajstić information content (AvgIpc) is 3.22. The Morgan fingerprint density at radius 1 is 1.26 bits per heavy atom. The molecule has 1 aliphatic rings. The van der Waals surface area contributed by atoms with Crippen molar-refractivity contribution in [3.8, 4) is 0 Å². The lowest BCUT2D eigenvalue weighted by Gasteiger charge is -2.45. The lowest BCUT2D eigenvalue weighted by atomic mass is 10.00. The Bertz CT molecular complexity index is 1260. The summed E-state index contributed by atoms with van der Waals surface area (Å²) in [6.07, 6.45) is 2.00. The van der Waals surface area contributed by atoms with Gasteiger partial charge in [0.2, 0.25) is 11.7 Å². The molecular weight excluding hydrogens is 452 g/mol. The average molecular weight is 485 g/mol. The van der Waals surface area contributed by atoms with Gasteiger partial charge in [-0.2, -0.15) is 0 Å². The fraction of sp³-hybridized carbons (Fsp3) is 0.500. The van der Waals surface area contributed by atoms with Crippen LogP contribution >= 0.6 is 11.8 Å². The molecule has 3 heterocycles. The van der Waals surface area contributed by atoms with E-state index in [1.54, 1.807) is 16.7 Å². The van der Waals surface area contributed by atoms with Crippen LogP contribution in [0.25, 0.3) is 16.7 Å². The van der Waals surface area contributed by atoms with E-state index in [4.69, 9.17) is 4.74 Å². The molecule has 9 nitrogen and oxygen atoms in total. The van der Waals surface area contributed by atoms with Gasteiger partial charge in [-0.05, 0) is 39.8 Å². The summed E-state index contributed by atoms with van der Waals surface area (Å²) in [7, 11) is 0. The summed E-state index contributed by atoms with van der Waals surface area (Å²) in [4.78, 5) is 28.0. The summed E-state index contributed by atoms with van der Waals surface area (Å²) in [5, 5.41) is 12.7. The number of ether oxygens (including phenoxy) is 1. The number of carbonyl (C=O) groups excluding carboxylic acids is 1. The van der Waals surface area contributed by atoms with Crippen molar-refractivity contribution in [1.82, 2.24) is 29.4 Å². The molecule has 182 valence electrons. The highest BCUT2D eigenvalue weighted by Gasteiger charge is 2.33. The van der Waals surface area contributed by atoms with E-state index in [1.165, 1.54) is 11.8 Å². The van der Waals surface area contributed by atoms with Crippen molar-refractivity contribution in [2.75, 3.05) is 25.4 Å².